The molecule has 5 heteroatoms. The Hall–Kier alpha value is -3.13. The largest absolute Gasteiger partial charge is 0.399 e. The Bertz CT molecular complexity index is 921. The zero-order valence-corrected chi connectivity index (χ0v) is 11.2. The minimum atomic E-state index is -0.144. The highest BCUT2D eigenvalue weighted by atomic mass is 16.1. The number of hydrogen-bond acceptors (Lipinski definition) is 4. The van der Waals surface area contributed by atoms with Crippen molar-refractivity contribution in [3.63, 3.8) is 0 Å². The van der Waals surface area contributed by atoms with Gasteiger partial charge >= 0.3 is 0 Å². The molecule has 0 saturated heterocycles. The third kappa shape index (κ3) is 2.47. The molecular formula is C16H12N4O. The Labute approximate surface area is 120 Å². The van der Waals surface area contributed by atoms with Crippen molar-refractivity contribution in [1.29, 1.82) is 5.26 Å². The van der Waals surface area contributed by atoms with Gasteiger partial charge in [0.25, 0.3) is 5.56 Å². The van der Waals surface area contributed by atoms with Crippen LogP contribution < -0.4 is 11.3 Å². The van der Waals surface area contributed by atoms with E-state index in [-0.39, 0.29) is 5.56 Å². The standard InChI is InChI=1S/C16H12N4O/c17-8-11-2-1-3-12(6-11)9-20-10-19-15-5-4-13(18)7-14(15)16(20)21/h1-7,10H,9,18H2. The molecule has 0 aliphatic heterocycles. The van der Waals surface area contributed by atoms with Gasteiger partial charge in [-0.15, -0.1) is 0 Å². The summed E-state index contributed by atoms with van der Waals surface area (Å²) in [6.45, 7) is 0.367. The quantitative estimate of drug-likeness (QED) is 0.724. The van der Waals surface area contributed by atoms with Gasteiger partial charge in [-0.25, -0.2) is 4.98 Å². The maximum absolute atomic E-state index is 12.4. The number of fused-ring (bicyclic) bond motifs is 1. The Morgan fingerprint density at radius 2 is 2.10 bits per heavy atom. The Morgan fingerprint density at radius 1 is 1.24 bits per heavy atom. The van der Waals surface area contributed by atoms with E-state index in [4.69, 9.17) is 11.0 Å². The smallest absolute Gasteiger partial charge is 0.261 e. The number of nitrogens with zero attached hydrogens (tertiary/aromatic N) is 3. The molecule has 5 nitrogen and oxygen atoms in total. The summed E-state index contributed by atoms with van der Waals surface area (Å²) in [7, 11) is 0. The highest BCUT2D eigenvalue weighted by molar-refractivity contribution is 5.80. The molecule has 0 unspecified atom stereocenters. The minimum absolute atomic E-state index is 0.144. The van der Waals surface area contributed by atoms with E-state index in [1.807, 2.05) is 6.07 Å². The lowest BCUT2D eigenvalue weighted by molar-refractivity contribution is 0.748. The fraction of sp³-hybridized carbons (Fsp3) is 0.0625. The van der Waals surface area contributed by atoms with E-state index in [0.717, 1.165) is 5.56 Å². The first-order chi connectivity index (χ1) is 10.2. The van der Waals surface area contributed by atoms with Gasteiger partial charge in [-0.1, -0.05) is 12.1 Å². The molecule has 0 aliphatic rings. The average Bonchev–Trinajstić information content (AvgIpc) is 2.51. The van der Waals surface area contributed by atoms with Crippen molar-refractivity contribution in [3.05, 3.63) is 70.3 Å². The molecule has 0 fully saturated rings. The summed E-state index contributed by atoms with van der Waals surface area (Å²) >= 11 is 0. The SMILES string of the molecule is N#Cc1cccc(Cn2cnc3ccc(N)cc3c2=O)c1. The topological polar surface area (TPSA) is 84.7 Å². The van der Waals surface area contributed by atoms with Gasteiger partial charge in [-0.2, -0.15) is 5.26 Å². The lowest BCUT2D eigenvalue weighted by Gasteiger charge is -2.07. The van der Waals surface area contributed by atoms with Crippen molar-refractivity contribution >= 4 is 16.6 Å². The number of anilines is 1. The number of nitriles is 1. The van der Waals surface area contributed by atoms with Crippen LogP contribution in [-0.4, -0.2) is 9.55 Å². The molecule has 0 bridgehead atoms. The Balaban J connectivity index is 2.07. The van der Waals surface area contributed by atoms with Crippen LogP contribution in [-0.2, 0) is 6.54 Å². The van der Waals surface area contributed by atoms with Gasteiger partial charge in [0.1, 0.15) is 0 Å². The predicted octanol–water partition coefficient (Wildman–Crippen LogP) is 1.90. The minimum Gasteiger partial charge on any atom is -0.399 e. The molecule has 21 heavy (non-hydrogen) atoms. The summed E-state index contributed by atoms with van der Waals surface area (Å²) in [5.74, 6) is 0. The van der Waals surface area contributed by atoms with Crippen molar-refractivity contribution in [2.24, 2.45) is 0 Å². The van der Waals surface area contributed by atoms with Crippen LogP contribution in [0.25, 0.3) is 10.9 Å². The van der Waals surface area contributed by atoms with Crippen LogP contribution in [0.1, 0.15) is 11.1 Å². The van der Waals surface area contributed by atoms with E-state index in [2.05, 4.69) is 11.1 Å². The van der Waals surface area contributed by atoms with E-state index < -0.39 is 0 Å². The van der Waals surface area contributed by atoms with Gasteiger partial charge in [0.05, 0.1) is 35.4 Å². The Morgan fingerprint density at radius 3 is 2.90 bits per heavy atom. The van der Waals surface area contributed by atoms with Crippen molar-refractivity contribution in [2.45, 2.75) is 6.54 Å². The molecule has 1 aromatic heterocycles. The maximum atomic E-state index is 12.4. The summed E-state index contributed by atoms with van der Waals surface area (Å²) in [6.07, 6.45) is 1.51. The number of rotatable bonds is 2. The molecular weight excluding hydrogens is 264 g/mol. The van der Waals surface area contributed by atoms with Gasteiger partial charge in [-0.3, -0.25) is 9.36 Å². The summed E-state index contributed by atoms with van der Waals surface area (Å²) in [6, 6.07) is 14.3. The van der Waals surface area contributed by atoms with Gasteiger partial charge in [0.15, 0.2) is 0 Å². The fourth-order valence-corrected chi connectivity index (χ4v) is 2.23. The van der Waals surface area contributed by atoms with Crippen LogP contribution in [0.5, 0.6) is 0 Å². The predicted molar refractivity (Wildman–Crippen MR) is 80.7 cm³/mol. The zero-order valence-electron chi connectivity index (χ0n) is 11.2. The van der Waals surface area contributed by atoms with E-state index in [1.165, 1.54) is 10.9 Å². The summed E-state index contributed by atoms with van der Waals surface area (Å²) < 4.78 is 1.51. The van der Waals surface area contributed by atoms with Crippen LogP contribution in [0.15, 0.2) is 53.6 Å². The molecule has 0 amide bonds. The first-order valence-electron chi connectivity index (χ1n) is 6.41. The van der Waals surface area contributed by atoms with E-state index in [1.54, 1.807) is 36.4 Å². The normalized spacial score (nSPS) is 10.4. The van der Waals surface area contributed by atoms with Gasteiger partial charge in [-0.05, 0) is 35.9 Å². The van der Waals surface area contributed by atoms with Crippen LogP contribution in [0.4, 0.5) is 5.69 Å². The van der Waals surface area contributed by atoms with E-state index in [0.29, 0.717) is 28.7 Å². The molecule has 0 radical (unpaired) electrons. The van der Waals surface area contributed by atoms with Gasteiger partial charge < -0.3 is 5.73 Å². The highest BCUT2D eigenvalue weighted by Gasteiger charge is 2.05. The number of aromatic nitrogens is 2. The van der Waals surface area contributed by atoms with Crippen molar-refractivity contribution in [2.75, 3.05) is 5.73 Å². The molecule has 3 aromatic rings. The average molecular weight is 276 g/mol. The third-order valence-electron chi connectivity index (χ3n) is 3.26. The van der Waals surface area contributed by atoms with Crippen LogP contribution >= 0.6 is 0 Å². The second-order valence-corrected chi connectivity index (χ2v) is 4.77. The number of nitrogens with two attached hydrogens (primary N) is 1. The molecule has 102 valence electrons. The lowest BCUT2D eigenvalue weighted by atomic mass is 10.1. The summed E-state index contributed by atoms with van der Waals surface area (Å²) in [5.41, 5.74) is 8.18. The molecule has 3 rings (SSSR count). The van der Waals surface area contributed by atoms with Gasteiger partial charge in [0, 0.05) is 5.69 Å². The molecule has 2 aromatic carbocycles. The number of hydrogen-bond donors (Lipinski definition) is 1. The van der Waals surface area contributed by atoms with Crippen molar-refractivity contribution in [3.8, 4) is 6.07 Å². The summed E-state index contributed by atoms with van der Waals surface area (Å²) in [4.78, 5) is 16.7. The summed E-state index contributed by atoms with van der Waals surface area (Å²) in [5, 5.41) is 9.40. The second kappa shape index (κ2) is 5.10. The second-order valence-electron chi connectivity index (χ2n) is 4.77. The fourth-order valence-electron chi connectivity index (χ4n) is 2.23. The number of benzene rings is 2. The van der Waals surface area contributed by atoms with E-state index in [9.17, 15) is 4.79 Å². The molecule has 2 N–H and O–H groups in total. The molecule has 0 spiro atoms. The molecule has 1 heterocycles. The van der Waals surface area contributed by atoms with E-state index >= 15 is 0 Å². The third-order valence-corrected chi connectivity index (χ3v) is 3.26. The van der Waals surface area contributed by atoms with Crippen molar-refractivity contribution < 1.29 is 0 Å². The zero-order chi connectivity index (χ0) is 14.8. The highest BCUT2D eigenvalue weighted by Crippen LogP contribution is 2.12. The van der Waals surface area contributed by atoms with Gasteiger partial charge in [0.2, 0.25) is 0 Å². The maximum Gasteiger partial charge on any atom is 0.261 e. The Kier molecular flexibility index (Phi) is 3.13. The molecule has 0 aliphatic carbocycles. The molecule has 0 atom stereocenters. The first kappa shape index (κ1) is 12.9. The van der Waals surface area contributed by atoms with Crippen LogP contribution in [0.3, 0.4) is 0 Å². The van der Waals surface area contributed by atoms with Crippen molar-refractivity contribution in [1.82, 2.24) is 9.55 Å². The first-order valence-corrected chi connectivity index (χ1v) is 6.41. The lowest BCUT2D eigenvalue weighted by Crippen LogP contribution is -2.21. The van der Waals surface area contributed by atoms with Crippen LogP contribution in [0, 0.1) is 11.3 Å². The number of nitrogen functional groups attached to an aromatic ring is 1. The monoisotopic (exact) mass is 276 g/mol. The van der Waals surface area contributed by atoms with Crippen LogP contribution in [0.2, 0.25) is 0 Å². The molecule has 0 saturated carbocycles.